The van der Waals surface area contributed by atoms with Crippen molar-refractivity contribution in [1.29, 1.82) is 0 Å². The number of aromatic nitrogens is 3. The lowest BCUT2D eigenvalue weighted by molar-refractivity contribution is -0.114. The predicted octanol–water partition coefficient (Wildman–Crippen LogP) is 3.82. The second-order valence-electron chi connectivity index (χ2n) is 5.97. The van der Waals surface area contributed by atoms with Gasteiger partial charge < -0.3 is 15.2 Å². The summed E-state index contributed by atoms with van der Waals surface area (Å²) in [5, 5.41) is 15.1. The Balaban J connectivity index is 1.66. The monoisotopic (exact) mass is 415 g/mol. The highest BCUT2D eigenvalue weighted by molar-refractivity contribution is 7.99. The molecule has 0 unspecified atom stereocenters. The molecule has 144 valence electrons. The van der Waals surface area contributed by atoms with Crippen molar-refractivity contribution in [3.05, 3.63) is 53.6 Å². The van der Waals surface area contributed by atoms with E-state index >= 15 is 0 Å². The largest absolute Gasteiger partial charge is 0.326 e. The number of amides is 2. The molecule has 0 aliphatic rings. The van der Waals surface area contributed by atoms with Gasteiger partial charge in [0.2, 0.25) is 11.8 Å². The van der Waals surface area contributed by atoms with Crippen molar-refractivity contribution in [1.82, 2.24) is 14.8 Å². The van der Waals surface area contributed by atoms with Gasteiger partial charge in [0, 0.05) is 35.9 Å². The van der Waals surface area contributed by atoms with Crippen LogP contribution in [0.3, 0.4) is 0 Å². The minimum Gasteiger partial charge on any atom is -0.326 e. The first kappa shape index (κ1) is 19.9. The van der Waals surface area contributed by atoms with Crippen LogP contribution >= 0.6 is 23.4 Å². The van der Waals surface area contributed by atoms with Gasteiger partial charge in [-0.3, -0.25) is 9.59 Å². The van der Waals surface area contributed by atoms with Crippen molar-refractivity contribution in [2.75, 3.05) is 16.4 Å². The molecule has 28 heavy (non-hydrogen) atoms. The molecule has 1 aromatic heterocycles. The Hall–Kier alpha value is -2.84. The Labute approximate surface area is 171 Å². The number of carbonyl (C=O) groups excluding carboxylic acids is 2. The summed E-state index contributed by atoms with van der Waals surface area (Å²) in [5.74, 6) is 0.524. The summed E-state index contributed by atoms with van der Waals surface area (Å²) in [4.78, 5) is 23.4. The Bertz CT molecular complexity index is 1020. The summed E-state index contributed by atoms with van der Waals surface area (Å²) in [6.45, 7) is 1.46. The van der Waals surface area contributed by atoms with Crippen LogP contribution in [0, 0.1) is 0 Å². The van der Waals surface area contributed by atoms with E-state index in [-0.39, 0.29) is 17.6 Å². The first-order valence-electron chi connectivity index (χ1n) is 8.38. The van der Waals surface area contributed by atoms with Crippen molar-refractivity contribution >= 4 is 46.6 Å². The van der Waals surface area contributed by atoms with E-state index in [2.05, 4.69) is 20.8 Å². The lowest BCUT2D eigenvalue weighted by Crippen LogP contribution is -2.14. The number of halogens is 1. The lowest BCUT2D eigenvalue weighted by Gasteiger charge is -2.07. The number of anilines is 2. The molecule has 0 aliphatic heterocycles. The van der Waals surface area contributed by atoms with Crippen molar-refractivity contribution in [2.45, 2.75) is 12.1 Å². The van der Waals surface area contributed by atoms with E-state index in [1.54, 1.807) is 30.3 Å². The van der Waals surface area contributed by atoms with Gasteiger partial charge in [-0.1, -0.05) is 41.6 Å². The Kier molecular flexibility index (Phi) is 6.33. The summed E-state index contributed by atoms with van der Waals surface area (Å²) in [7, 11) is 1.83. The molecular weight excluding hydrogens is 398 g/mol. The van der Waals surface area contributed by atoms with E-state index in [9.17, 15) is 9.59 Å². The fourth-order valence-electron chi connectivity index (χ4n) is 2.52. The van der Waals surface area contributed by atoms with Crippen LogP contribution in [0.2, 0.25) is 5.02 Å². The smallest absolute Gasteiger partial charge is 0.234 e. The molecule has 9 heteroatoms. The first-order valence-corrected chi connectivity index (χ1v) is 9.74. The van der Waals surface area contributed by atoms with Gasteiger partial charge in [0.25, 0.3) is 0 Å². The third kappa shape index (κ3) is 5.11. The van der Waals surface area contributed by atoms with Gasteiger partial charge in [0.05, 0.1) is 5.75 Å². The zero-order valence-electron chi connectivity index (χ0n) is 15.3. The van der Waals surface area contributed by atoms with Gasteiger partial charge in [0.1, 0.15) is 0 Å². The van der Waals surface area contributed by atoms with Crippen LogP contribution in [0.25, 0.3) is 11.4 Å². The topological polar surface area (TPSA) is 88.9 Å². The number of benzene rings is 2. The minimum absolute atomic E-state index is 0.142. The SMILES string of the molecule is CC(=O)Nc1cccc(-c2nnc(SCC(=O)Nc3cccc(Cl)c3)n2C)c1. The molecule has 0 bridgehead atoms. The van der Waals surface area contributed by atoms with E-state index in [4.69, 9.17) is 11.6 Å². The number of carbonyl (C=O) groups is 2. The van der Waals surface area contributed by atoms with Crippen LogP contribution in [-0.2, 0) is 16.6 Å². The summed E-state index contributed by atoms with van der Waals surface area (Å²) in [5.41, 5.74) is 2.14. The summed E-state index contributed by atoms with van der Waals surface area (Å²) >= 11 is 7.20. The average molecular weight is 416 g/mol. The number of rotatable bonds is 6. The maximum Gasteiger partial charge on any atom is 0.234 e. The molecular formula is C19H18ClN5O2S. The normalized spacial score (nSPS) is 10.5. The summed E-state index contributed by atoms with van der Waals surface area (Å²) in [6.07, 6.45) is 0. The first-order chi connectivity index (χ1) is 13.4. The second kappa shape index (κ2) is 8.90. The highest BCUT2D eigenvalue weighted by atomic mass is 35.5. The van der Waals surface area contributed by atoms with Gasteiger partial charge in [-0.05, 0) is 30.3 Å². The molecule has 0 spiro atoms. The van der Waals surface area contributed by atoms with Gasteiger partial charge in [-0.2, -0.15) is 0 Å². The maximum absolute atomic E-state index is 12.2. The molecule has 2 N–H and O–H groups in total. The minimum atomic E-state index is -0.163. The second-order valence-corrected chi connectivity index (χ2v) is 7.35. The molecule has 3 rings (SSSR count). The molecule has 0 atom stereocenters. The fourth-order valence-corrected chi connectivity index (χ4v) is 3.43. The number of nitrogens with zero attached hydrogens (tertiary/aromatic N) is 3. The summed E-state index contributed by atoms with van der Waals surface area (Å²) < 4.78 is 1.81. The van der Waals surface area contributed by atoms with E-state index in [0.717, 1.165) is 5.56 Å². The maximum atomic E-state index is 12.2. The van der Waals surface area contributed by atoms with Gasteiger partial charge >= 0.3 is 0 Å². The van der Waals surface area contributed by atoms with E-state index in [1.807, 2.05) is 29.8 Å². The predicted molar refractivity (Wildman–Crippen MR) is 112 cm³/mol. The molecule has 0 radical (unpaired) electrons. The van der Waals surface area contributed by atoms with Gasteiger partial charge in [-0.15, -0.1) is 10.2 Å². The summed E-state index contributed by atoms with van der Waals surface area (Å²) in [6, 6.07) is 14.3. The molecule has 0 saturated carbocycles. The van der Waals surface area contributed by atoms with Crippen LogP contribution in [0.15, 0.2) is 53.7 Å². The molecule has 7 nitrogen and oxygen atoms in total. The molecule has 0 saturated heterocycles. The quantitative estimate of drug-likeness (QED) is 0.597. The standard InChI is InChI=1S/C19H18ClN5O2S/c1-12(26)21-15-7-3-5-13(9-15)18-23-24-19(25(18)2)28-11-17(27)22-16-8-4-6-14(20)10-16/h3-10H,11H2,1-2H3,(H,21,26)(H,22,27). The molecule has 3 aromatic rings. The molecule has 0 fully saturated rings. The fraction of sp³-hybridized carbons (Fsp3) is 0.158. The molecule has 0 aliphatic carbocycles. The number of hydrogen-bond donors (Lipinski definition) is 2. The number of hydrogen-bond acceptors (Lipinski definition) is 5. The van der Waals surface area contributed by atoms with Crippen molar-refractivity contribution in [2.24, 2.45) is 7.05 Å². The van der Waals surface area contributed by atoms with Crippen molar-refractivity contribution in [3.63, 3.8) is 0 Å². The highest BCUT2D eigenvalue weighted by Gasteiger charge is 2.13. The molecule has 1 heterocycles. The van der Waals surface area contributed by atoms with Crippen LogP contribution in [-0.4, -0.2) is 32.3 Å². The zero-order chi connectivity index (χ0) is 20.1. The third-order valence-corrected chi connectivity index (χ3v) is 4.97. The van der Waals surface area contributed by atoms with Crippen molar-refractivity contribution < 1.29 is 9.59 Å². The van der Waals surface area contributed by atoms with E-state index < -0.39 is 0 Å². The van der Waals surface area contributed by atoms with Crippen LogP contribution in [0.5, 0.6) is 0 Å². The van der Waals surface area contributed by atoms with E-state index in [1.165, 1.54) is 18.7 Å². The van der Waals surface area contributed by atoms with E-state index in [0.29, 0.717) is 27.4 Å². The number of nitrogens with one attached hydrogen (secondary N) is 2. The Morgan fingerprint density at radius 1 is 1.07 bits per heavy atom. The Morgan fingerprint density at radius 2 is 1.79 bits per heavy atom. The highest BCUT2D eigenvalue weighted by Crippen LogP contribution is 2.25. The molecule has 2 aromatic carbocycles. The average Bonchev–Trinajstić information content (AvgIpc) is 3.00. The van der Waals surface area contributed by atoms with Gasteiger partial charge in [-0.25, -0.2) is 0 Å². The lowest BCUT2D eigenvalue weighted by atomic mass is 10.2. The number of thioether (sulfide) groups is 1. The van der Waals surface area contributed by atoms with Crippen molar-refractivity contribution in [3.8, 4) is 11.4 Å². The molecule has 2 amide bonds. The van der Waals surface area contributed by atoms with Crippen LogP contribution in [0.4, 0.5) is 11.4 Å². The Morgan fingerprint density at radius 3 is 2.50 bits per heavy atom. The third-order valence-electron chi connectivity index (χ3n) is 3.72. The zero-order valence-corrected chi connectivity index (χ0v) is 16.8. The van der Waals surface area contributed by atoms with Gasteiger partial charge in [0.15, 0.2) is 11.0 Å². The van der Waals surface area contributed by atoms with Crippen LogP contribution < -0.4 is 10.6 Å². The van der Waals surface area contributed by atoms with Crippen LogP contribution in [0.1, 0.15) is 6.92 Å².